The van der Waals surface area contributed by atoms with Crippen LogP contribution >= 0.6 is 23.6 Å². The Hall–Kier alpha value is -2.50. The Morgan fingerprint density at radius 1 is 0.800 bits per heavy atom. The first kappa shape index (κ1) is 14.8. The van der Waals surface area contributed by atoms with Gasteiger partial charge in [0.2, 0.25) is 4.80 Å². The summed E-state index contributed by atoms with van der Waals surface area (Å²) in [5, 5.41) is 2.44. The van der Waals surface area contributed by atoms with Crippen LogP contribution in [0.3, 0.4) is 0 Å². The molecule has 0 saturated carbocycles. The second-order valence-electron chi connectivity index (χ2n) is 6.18. The lowest BCUT2D eigenvalue weighted by atomic mass is 10.1. The van der Waals surface area contributed by atoms with E-state index in [4.69, 9.17) is 17.2 Å². The van der Waals surface area contributed by atoms with Crippen LogP contribution in [0.2, 0.25) is 0 Å². The third-order valence-corrected chi connectivity index (χ3v) is 5.95. The summed E-state index contributed by atoms with van der Waals surface area (Å²) in [6.07, 6.45) is 0. The van der Waals surface area contributed by atoms with Crippen molar-refractivity contribution in [1.82, 2.24) is 9.36 Å². The van der Waals surface area contributed by atoms with Gasteiger partial charge in [0.1, 0.15) is 0 Å². The van der Waals surface area contributed by atoms with Crippen molar-refractivity contribution in [3.05, 3.63) is 86.6 Å². The first-order chi connectivity index (χ1) is 12.3. The number of hydrogen-bond donors (Lipinski definition) is 0. The fraction of sp³-hybridized carbons (Fsp3) is 0.100. The number of aromatic nitrogens is 2. The van der Waals surface area contributed by atoms with Crippen molar-refractivity contribution >= 4 is 40.0 Å². The van der Waals surface area contributed by atoms with E-state index in [1.165, 1.54) is 21.9 Å². The maximum absolute atomic E-state index is 5.58. The van der Waals surface area contributed by atoms with Gasteiger partial charge in [-0.1, -0.05) is 65.9 Å². The molecule has 0 aliphatic carbocycles. The fourth-order valence-electron chi connectivity index (χ4n) is 3.31. The average molecular weight is 361 g/mol. The van der Waals surface area contributed by atoms with E-state index in [9.17, 15) is 0 Å². The van der Waals surface area contributed by atoms with Gasteiger partial charge in [-0.3, -0.25) is 9.36 Å². The highest BCUT2D eigenvalue weighted by Crippen LogP contribution is 2.22. The highest BCUT2D eigenvalue weighted by Gasteiger charge is 2.16. The van der Waals surface area contributed by atoms with Crippen molar-refractivity contribution < 1.29 is 0 Å². The fourth-order valence-corrected chi connectivity index (χ4v) is 4.55. The lowest BCUT2D eigenvalue weighted by Crippen LogP contribution is -2.29. The predicted molar refractivity (Wildman–Crippen MR) is 105 cm³/mol. The summed E-state index contributed by atoms with van der Waals surface area (Å²) >= 11 is 7.16. The standard InChI is InChI=1S/C20H15N3S2/c24-20-23-13-17-8-4-3-7-16(17)12-22(23)19(25-20)21-18-10-9-14-5-1-2-6-15(14)11-18/h1-11H,12-13H2. The van der Waals surface area contributed by atoms with Crippen LogP contribution in [0.1, 0.15) is 11.1 Å². The highest BCUT2D eigenvalue weighted by molar-refractivity contribution is 7.73. The van der Waals surface area contributed by atoms with Gasteiger partial charge in [0.05, 0.1) is 18.8 Å². The third kappa shape index (κ3) is 2.56. The predicted octanol–water partition coefficient (Wildman–Crippen LogP) is 4.88. The van der Waals surface area contributed by atoms with Crippen LogP contribution in [-0.4, -0.2) is 9.36 Å². The van der Waals surface area contributed by atoms with E-state index in [1.54, 1.807) is 11.3 Å². The Labute approximate surface area is 154 Å². The number of benzene rings is 3. The molecule has 4 aromatic rings. The van der Waals surface area contributed by atoms with Gasteiger partial charge in [0.25, 0.3) is 0 Å². The Kier molecular flexibility index (Phi) is 3.43. The van der Waals surface area contributed by atoms with Gasteiger partial charge in [-0.2, -0.15) is 0 Å². The van der Waals surface area contributed by atoms with Gasteiger partial charge in [-0.15, -0.1) is 0 Å². The SMILES string of the molecule is S=c1sc(=Nc2ccc3ccccc3c2)n2n1Cc1ccccc1C2. The van der Waals surface area contributed by atoms with Crippen molar-refractivity contribution in [3.63, 3.8) is 0 Å². The second-order valence-corrected chi connectivity index (χ2v) is 7.78. The molecule has 1 aromatic heterocycles. The second kappa shape index (κ2) is 5.79. The molecule has 3 nitrogen and oxygen atoms in total. The van der Waals surface area contributed by atoms with E-state index in [0.29, 0.717) is 0 Å². The third-order valence-electron chi connectivity index (χ3n) is 4.62. The molecular formula is C20H15N3S2. The first-order valence-corrected chi connectivity index (χ1v) is 9.41. The molecule has 0 atom stereocenters. The number of fused-ring (bicyclic) bond motifs is 3. The maximum Gasteiger partial charge on any atom is 0.208 e. The van der Waals surface area contributed by atoms with Gasteiger partial charge >= 0.3 is 0 Å². The monoisotopic (exact) mass is 361 g/mol. The summed E-state index contributed by atoms with van der Waals surface area (Å²) in [7, 11) is 0. The highest BCUT2D eigenvalue weighted by atomic mass is 32.1. The topological polar surface area (TPSA) is 22.2 Å². The molecule has 0 spiro atoms. The molecule has 3 aromatic carbocycles. The van der Waals surface area contributed by atoms with Crippen LogP contribution in [-0.2, 0) is 13.1 Å². The van der Waals surface area contributed by atoms with Crippen LogP contribution in [0.15, 0.2) is 71.7 Å². The molecule has 25 heavy (non-hydrogen) atoms. The molecule has 1 aliphatic rings. The maximum atomic E-state index is 5.58. The summed E-state index contributed by atoms with van der Waals surface area (Å²) in [6.45, 7) is 1.63. The minimum atomic E-state index is 0.815. The molecule has 0 radical (unpaired) electrons. The van der Waals surface area contributed by atoms with Crippen LogP contribution in [0.5, 0.6) is 0 Å². The Bertz CT molecular complexity index is 1230. The van der Waals surface area contributed by atoms with Crippen molar-refractivity contribution in [3.8, 4) is 0 Å². The molecule has 5 heteroatoms. The zero-order valence-electron chi connectivity index (χ0n) is 13.4. The quantitative estimate of drug-likeness (QED) is 0.390. The zero-order chi connectivity index (χ0) is 16.8. The van der Waals surface area contributed by atoms with Crippen molar-refractivity contribution in [2.45, 2.75) is 13.1 Å². The molecule has 2 heterocycles. The summed E-state index contributed by atoms with van der Waals surface area (Å²) in [6, 6.07) is 23.2. The zero-order valence-corrected chi connectivity index (χ0v) is 15.1. The molecular weight excluding hydrogens is 346 g/mol. The van der Waals surface area contributed by atoms with E-state index in [0.717, 1.165) is 27.5 Å². The van der Waals surface area contributed by atoms with Crippen molar-refractivity contribution in [1.29, 1.82) is 0 Å². The summed E-state index contributed by atoms with van der Waals surface area (Å²) in [5.74, 6) is 0. The number of nitrogens with zero attached hydrogens (tertiary/aromatic N) is 3. The molecule has 1 aliphatic heterocycles. The van der Waals surface area contributed by atoms with Gasteiger partial charge < -0.3 is 0 Å². The first-order valence-electron chi connectivity index (χ1n) is 8.19. The van der Waals surface area contributed by atoms with E-state index >= 15 is 0 Å². The van der Waals surface area contributed by atoms with E-state index in [2.05, 4.69) is 76.1 Å². The van der Waals surface area contributed by atoms with E-state index in [-0.39, 0.29) is 0 Å². The molecule has 122 valence electrons. The van der Waals surface area contributed by atoms with Crippen LogP contribution < -0.4 is 4.80 Å². The number of rotatable bonds is 1. The van der Waals surface area contributed by atoms with E-state index in [1.807, 2.05) is 0 Å². The van der Waals surface area contributed by atoms with Crippen LogP contribution in [0, 0.1) is 3.95 Å². The molecule has 0 fully saturated rings. The molecule has 0 saturated heterocycles. The molecule has 0 N–H and O–H groups in total. The van der Waals surface area contributed by atoms with Crippen LogP contribution in [0.25, 0.3) is 10.8 Å². The summed E-state index contributed by atoms with van der Waals surface area (Å²) < 4.78 is 5.22. The lowest BCUT2D eigenvalue weighted by molar-refractivity contribution is 0.464. The molecule has 0 unspecified atom stereocenters. The minimum absolute atomic E-state index is 0.815. The van der Waals surface area contributed by atoms with Gasteiger partial charge in [-0.25, -0.2) is 4.99 Å². The van der Waals surface area contributed by atoms with Gasteiger partial charge in [0, 0.05) is 0 Å². The Morgan fingerprint density at radius 2 is 1.48 bits per heavy atom. The van der Waals surface area contributed by atoms with Gasteiger partial charge in [0.15, 0.2) is 3.95 Å². The van der Waals surface area contributed by atoms with Crippen molar-refractivity contribution in [2.75, 3.05) is 0 Å². The normalized spacial score (nSPS) is 13.7. The average Bonchev–Trinajstić information content (AvgIpc) is 2.95. The lowest BCUT2D eigenvalue weighted by Gasteiger charge is -2.20. The van der Waals surface area contributed by atoms with Gasteiger partial charge in [-0.05, 0) is 46.2 Å². The summed E-state index contributed by atoms with van der Waals surface area (Å²) in [5.41, 5.74) is 3.65. The Balaban J connectivity index is 1.66. The Morgan fingerprint density at radius 3 is 2.28 bits per heavy atom. The molecule has 0 amide bonds. The van der Waals surface area contributed by atoms with Crippen molar-refractivity contribution in [2.24, 2.45) is 4.99 Å². The largest absolute Gasteiger partial charge is 0.259 e. The molecule has 0 bridgehead atoms. The minimum Gasteiger partial charge on any atom is -0.259 e. The van der Waals surface area contributed by atoms with Crippen LogP contribution in [0.4, 0.5) is 5.69 Å². The number of hydrogen-bond acceptors (Lipinski definition) is 3. The van der Waals surface area contributed by atoms with E-state index < -0.39 is 0 Å². The molecule has 5 rings (SSSR count). The summed E-state index contributed by atoms with van der Waals surface area (Å²) in [4.78, 5) is 5.85. The smallest absolute Gasteiger partial charge is 0.208 e.